The van der Waals surface area contributed by atoms with Gasteiger partial charge in [0.2, 0.25) is 5.89 Å². The van der Waals surface area contributed by atoms with Crippen molar-refractivity contribution in [2.45, 2.75) is 33.8 Å². The summed E-state index contributed by atoms with van der Waals surface area (Å²) in [6, 6.07) is 15.7. The molecular weight excluding hydrogens is 450 g/mol. The van der Waals surface area contributed by atoms with Gasteiger partial charge < -0.3 is 19.6 Å². The van der Waals surface area contributed by atoms with Crippen LogP contribution in [0.2, 0.25) is 0 Å². The Balaban J connectivity index is 1.43. The first kappa shape index (κ1) is 23.3. The van der Waals surface area contributed by atoms with E-state index in [4.69, 9.17) is 21.4 Å². The van der Waals surface area contributed by atoms with Gasteiger partial charge in [-0.15, -0.1) is 0 Å². The van der Waals surface area contributed by atoms with E-state index >= 15 is 0 Å². The summed E-state index contributed by atoms with van der Waals surface area (Å²) in [4.78, 5) is 17.0. The third kappa shape index (κ3) is 5.18. The Bertz CT molecular complexity index is 1380. The Hall–Kier alpha value is -3.91. The predicted molar refractivity (Wildman–Crippen MR) is 136 cm³/mol. The molecule has 7 nitrogen and oxygen atoms in total. The minimum atomic E-state index is -0.355. The number of nitrogens with one attached hydrogen (secondary N) is 2. The zero-order valence-corrected chi connectivity index (χ0v) is 20.1. The fraction of sp³-hybridized carbons (Fsp3) is 0.192. The van der Waals surface area contributed by atoms with Gasteiger partial charge >= 0.3 is 0 Å². The van der Waals surface area contributed by atoms with Crippen LogP contribution in [0.5, 0.6) is 11.5 Å². The Kier molecular flexibility index (Phi) is 6.51. The molecule has 0 fully saturated rings. The third-order valence-corrected chi connectivity index (χ3v) is 5.23. The molecule has 0 aliphatic carbocycles. The highest BCUT2D eigenvalue weighted by molar-refractivity contribution is 7.80. The molecule has 0 radical (unpaired) electrons. The van der Waals surface area contributed by atoms with E-state index in [-0.39, 0.29) is 22.9 Å². The van der Waals surface area contributed by atoms with Gasteiger partial charge in [-0.25, -0.2) is 4.98 Å². The highest BCUT2D eigenvalue weighted by atomic mass is 32.1. The highest BCUT2D eigenvalue weighted by Gasteiger charge is 2.15. The average molecular weight is 476 g/mol. The van der Waals surface area contributed by atoms with E-state index in [1.54, 1.807) is 36.4 Å². The first-order chi connectivity index (χ1) is 16.2. The molecule has 0 saturated carbocycles. The van der Waals surface area contributed by atoms with Crippen LogP contribution in [0.3, 0.4) is 0 Å². The normalized spacial score (nSPS) is 11.0. The maximum atomic E-state index is 12.5. The first-order valence-corrected chi connectivity index (χ1v) is 11.2. The topological polar surface area (TPSA) is 96.6 Å². The summed E-state index contributed by atoms with van der Waals surface area (Å²) in [5.41, 5.74) is 4.91. The maximum Gasteiger partial charge on any atom is 0.257 e. The summed E-state index contributed by atoms with van der Waals surface area (Å²) >= 11 is 5.25. The van der Waals surface area contributed by atoms with Crippen molar-refractivity contribution in [2.24, 2.45) is 0 Å². The monoisotopic (exact) mass is 475 g/mol. The molecule has 4 rings (SSSR count). The van der Waals surface area contributed by atoms with Gasteiger partial charge in [0.25, 0.3) is 5.91 Å². The van der Waals surface area contributed by atoms with Gasteiger partial charge in [-0.05, 0) is 93.5 Å². The quantitative estimate of drug-likeness (QED) is 0.317. The van der Waals surface area contributed by atoms with Crippen LogP contribution in [0, 0.1) is 13.8 Å². The van der Waals surface area contributed by atoms with E-state index in [0.717, 1.165) is 16.6 Å². The minimum absolute atomic E-state index is 0.0270. The number of carbonyl (C=O) groups excluding carboxylic acids is 1. The molecule has 174 valence electrons. The average Bonchev–Trinajstić information content (AvgIpc) is 3.17. The van der Waals surface area contributed by atoms with Crippen molar-refractivity contribution in [1.29, 1.82) is 0 Å². The maximum absolute atomic E-state index is 12.5. The van der Waals surface area contributed by atoms with Gasteiger partial charge in [0, 0.05) is 17.3 Å². The molecule has 3 aromatic carbocycles. The molecule has 1 heterocycles. The number of nitrogens with zero attached hydrogens (tertiary/aromatic N) is 1. The van der Waals surface area contributed by atoms with Gasteiger partial charge in [-0.1, -0.05) is 6.07 Å². The van der Waals surface area contributed by atoms with Crippen molar-refractivity contribution in [3.8, 4) is 23.0 Å². The number of rotatable bonds is 5. The molecule has 1 aromatic heterocycles. The predicted octanol–water partition coefficient (Wildman–Crippen LogP) is 5.73. The number of aromatic nitrogens is 1. The van der Waals surface area contributed by atoms with Crippen molar-refractivity contribution >= 4 is 40.0 Å². The van der Waals surface area contributed by atoms with Crippen molar-refractivity contribution in [3.63, 3.8) is 0 Å². The summed E-state index contributed by atoms with van der Waals surface area (Å²) in [5, 5.41) is 16.2. The lowest BCUT2D eigenvalue weighted by Gasteiger charge is -2.12. The number of anilines is 1. The Labute approximate surface area is 202 Å². The van der Waals surface area contributed by atoms with Gasteiger partial charge in [0.15, 0.2) is 10.7 Å². The third-order valence-electron chi connectivity index (χ3n) is 5.02. The molecule has 0 atom stereocenters. The van der Waals surface area contributed by atoms with Gasteiger partial charge in [0.05, 0.1) is 11.7 Å². The molecular formula is C26H25N3O4S. The number of aromatic hydroxyl groups is 1. The van der Waals surface area contributed by atoms with Crippen LogP contribution in [0.15, 0.2) is 59.0 Å². The molecule has 0 saturated heterocycles. The fourth-order valence-corrected chi connectivity index (χ4v) is 3.79. The SMILES string of the molecule is Cc1cc(C)c2oc(-c3ccc(NC(=S)NC(=O)c4ccc(OC(C)C)cc4)cc3O)nc2c1. The number of aryl methyl sites for hydroxylation is 2. The second-order valence-electron chi connectivity index (χ2n) is 8.28. The number of phenolic OH excluding ortho intramolecular Hbond substituents is 1. The number of hydrogen-bond acceptors (Lipinski definition) is 6. The first-order valence-electron chi connectivity index (χ1n) is 10.8. The lowest BCUT2D eigenvalue weighted by atomic mass is 10.1. The molecule has 34 heavy (non-hydrogen) atoms. The standard InChI is InChI=1S/C26H25N3O4S/c1-14(2)32-19-8-5-17(6-9-19)24(31)29-26(34)27-18-7-10-20(22(30)13-18)25-28-21-12-15(3)11-16(4)23(21)33-25/h5-14,30H,1-4H3,(H2,27,29,31,34). The lowest BCUT2D eigenvalue weighted by molar-refractivity contribution is 0.0977. The number of ether oxygens (including phenoxy) is 1. The zero-order chi connectivity index (χ0) is 24.4. The summed E-state index contributed by atoms with van der Waals surface area (Å²) < 4.78 is 11.5. The molecule has 3 N–H and O–H groups in total. The summed E-state index contributed by atoms with van der Waals surface area (Å²) in [6.07, 6.45) is 0.0511. The molecule has 0 aliphatic rings. The lowest BCUT2D eigenvalue weighted by Crippen LogP contribution is -2.34. The van der Waals surface area contributed by atoms with E-state index in [1.165, 1.54) is 6.07 Å². The number of carbonyl (C=O) groups is 1. The molecule has 0 bridgehead atoms. The van der Waals surface area contributed by atoms with Gasteiger partial charge in [-0.2, -0.15) is 0 Å². The number of benzene rings is 3. The number of thiocarbonyl (C=S) groups is 1. The molecule has 8 heteroatoms. The highest BCUT2D eigenvalue weighted by Crippen LogP contribution is 2.34. The zero-order valence-electron chi connectivity index (χ0n) is 19.3. The number of phenols is 1. The van der Waals surface area contributed by atoms with Crippen molar-refractivity contribution in [2.75, 3.05) is 5.32 Å². The number of fused-ring (bicyclic) bond motifs is 1. The largest absolute Gasteiger partial charge is 0.507 e. The van der Waals surface area contributed by atoms with E-state index in [0.29, 0.717) is 34.0 Å². The van der Waals surface area contributed by atoms with Crippen LogP contribution in [0.1, 0.15) is 35.3 Å². The van der Waals surface area contributed by atoms with Crippen LogP contribution in [0.4, 0.5) is 5.69 Å². The van der Waals surface area contributed by atoms with Gasteiger partial charge in [0.1, 0.15) is 17.0 Å². The van der Waals surface area contributed by atoms with Crippen LogP contribution < -0.4 is 15.4 Å². The summed E-state index contributed by atoms with van der Waals surface area (Å²) in [5.74, 6) is 0.632. The van der Waals surface area contributed by atoms with E-state index in [9.17, 15) is 9.90 Å². The minimum Gasteiger partial charge on any atom is -0.507 e. The van der Waals surface area contributed by atoms with E-state index in [1.807, 2.05) is 39.8 Å². The van der Waals surface area contributed by atoms with Crippen LogP contribution >= 0.6 is 12.2 Å². The fourth-order valence-electron chi connectivity index (χ4n) is 3.58. The van der Waals surface area contributed by atoms with Crippen LogP contribution in [0.25, 0.3) is 22.6 Å². The van der Waals surface area contributed by atoms with E-state index in [2.05, 4.69) is 15.6 Å². The van der Waals surface area contributed by atoms with Gasteiger partial charge in [-0.3, -0.25) is 10.1 Å². The Morgan fingerprint density at radius 1 is 1.09 bits per heavy atom. The Morgan fingerprint density at radius 2 is 1.82 bits per heavy atom. The summed E-state index contributed by atoms with van der Waals surface area (Å²) in [7, 11) is 0. The van der Waals surface area contributed by atoms with Crippen LogP contribution in [-0.2, 0) is 0 Å². The van der Waals surface area contributed by atoms with Crippen molar-refractivity contribution < 1.29 is 19.1 Å². The van der Waals surface area contributed by atoms with Crippen molar-refractivity contribution in [1.82, 2.24) is 10.3 Å². The smallest absolute Gasteiger partial charge is 0.257 e. The molecule has 1 amide bonds. The molecule has 0 spiro atoms. The van der Waals surface area contributed by atoms with E-state index < -0.39 is 0 Å². The number of hydrogen-bond donors (Lipinski definition) is 3. The van der Waals surface area contributed by atoms with Crippen molar-refractivity contribution in [3.05, 3.63) is 71.3 Å². The molecule has 4 aromatic rings. The molecule has 0 aliphatic heterocycles. The number of oxazole rings is 1. The Morgan fingerprint density at radius 3 is 2.50 bits per heavy atom. The molecule has 0 unspecified atom stereocenters. The second kappa shape index (κ2) is 9.52. The van der Waals surface area contributed by atoms with Crippen LogP contribution in [-0.4, -0.2) is 27.2 Å². The second-order valence-corrected chi connectivity index (χ2v) is 8.69. The summed E-state index contributed by atoms with van der Waals surface area (Å²) in [6.45, 7) is 7.82. The number of amides is 1.